The number of carbonyl (C=O) groups excluding carboxylic acids is 1. The molecule has 0 radical (unpaired) electrons. The summed E-state index contributed by atoms with van der Waals surface area (Å²) in [5.41, 5.74) is 3.53. The summed E-state index contributed by atoms with van der Waals surface area (Å²) in [5, 5.41) is 0. The van der Waals surface area contributed by atoms with Gasteiger partial charge in [0, 0.05) is 23.7 Å². The predicted octanol–water partition coefficient (Wildman–Crippen LogP) is 4.32. The van der Waals surface area contributed by atoms with Gasteiger partial charge in [-0.3, -0.25) is 9.79 Å². The van der Waals surface area contributed by atoms with Crippen molar-refractivity contribution in [2.75, 3.05) is 6.66 Å². The molecule has 1 unspecified atom stereocenters. The van der Waals surface area contributed by atoms with E-state index in [2.05, 4.69) is 27.4 Å². The number of rotatable bonds is 6. The first-order chi connectivity index (χ1) is 14.7. The van der Waals surface area contributed by atoms with Crippen molar-refractivity contribution in [2.45, 2.75) is 19.6 Å². The highest BCUT2D eigenvalue weighted by atomic mass is 31.1. The van der Waals surface area contributed by atoms with Crippen LogP contribution >= 0.6 is 7.92 Å². The minimum atomic E-state index is -0.340. The summed E-state index contributed by atoms with van der Waals surface area (Å²) in [6, 6.07) is 13.6. The summed E-state index contributed by atoms with van der Waals surface area (Å²) in [7, 11) is -0.340. The van der Waals surface area contributed by atoms with Gasteiger partial charge in [-0.15, -0.1) is 0 Å². The molecule has 1 aliphatic heterocycles. The third-order valence-electron chi connectivity index (χ3n) is 4.61. The zero-order valence-corrected chi connectivity index (χ0v) is 17.6. The highest BCUT2D eigenvalue weighted by Gasteiger charge is 2.12. The van der Waals surface area contributed by atoms with E-state index in [9.17, 15) is 4.79 Å². The fraction of sp³-hybridized carbons (Fsp3) is 0.174. The molecule has 0 N–H and O–H groups in total. The van der Waals surface area contributed by atoms with Crippen LogP contribution in [-0.2, 0) is 22.7 Å². The van der Waals surface area contributed by atoms with Crippen molar-refractivity contribution in [1.29, 1.82) is 0 Å². The van der Waals surface area contributed by atoms with E-state index in [1.807, 2.05) is 71.5 Å². The van der Waals surface area contributed by atoms with Crippen LogP contribution in [0.4, 0.5) is 5.69 Å². The number of ether oxygens (including phenoxy) is 1. The molecule has 0 aliphatic carbocycles. The minimum absolute atomic E-state index is 0.215. The van der Waals surface area contributed by atoms with Crippen LogP contribution in [0.15, 0.2) is 71.9 Å². The third-order valence-corrected chi connectivity index (χ3v) is 5.71. The molecule has 1 aliphatic rings. The minimum Gasteiger partial charge on any atom is -0.461 e. The molecule has 4 rings (SSSR count). The van der Waals surface area contributed by atoms with E-state index in [1.54, 1.807) is 6.20 Å². The summed E-state index contributed by atoms with van der Waals surface area (Å²) < 4.78 is 7.27. The molecular weight excluding hydrogens is 395 g/mol. The van der Waals surface area contributed by atoms with Crippen LogP contribution < -0.4 is 4.57 Å². The second-order valence-electron chi connectivity index (χ2n) is 6.91. The highest BCUT2D eigenvalue weighted by Crippen LogP contribution is 2.35. The van der Waals surface area contributed by atoms with Crippen LogP contribution in [-0.4, -0.2) is 28.6 Å². The Labute approximate surface area is 176 Å². The Balaban J connectivity index is 1.35. The van der Waals surface area contributed by atoms with Gasteiger partial charge in [-0.25, -0.2) is 14.5 Å². The quantitative estimate of drug-likeness (QED) is 0.340. The predicted molar refractivity (Wildman–Crippen MR) is 119 cm³/mol. The fourth-order valence-corrected chi connectivity index (χ4v) is 3.68. The molecule has 7 heteroatoms. The van der Waals surface area contributed by atoms with Crippen molar-refractivity contribution in [3.8, 4) is 11.4 Å². The van der Waals surface area contributed by atoms with Crippen LogP contribution in [0.3, 0.4) is 0 Å². The smallest absolute Gasteiger partial charge is 0.312 e. The Hall–Kier alpha value is -3.24. The van der Waals surface area contributed by atoms with E-state index < -0.39 is 0 Å². The molecule has 150 valence electrons. The van der Waals surface area contributed by atoms with Crippen molar-refractivity contribution >= 4 is 31.6 Å². The molecule has 0 fully saturated rings. The number of pyridine rings is 1. The number of benzene rings is 1. The van der Waals surface area contributed by atoms with Crippen molar-refractivity contribution < 1.29 is 14.1 Å². The van der Waals surface area contributed by atoms with E-state index in [-0.39, 0.29) is 13.9 Å². The number of aliphatic imine (C=N–C) groups is 1. The number of aromatic nitrogens is 3. The maximum Gasteiger partial charge on any atom is 0.312 e. The molecule has 1 atom stereocenters. The Morgan fingerprint density at radius 1 is 1.13 bits per heavy atom. The molecule has 0 spiro atoms. The van der Waals surface area contributed by atoms with Gasteiger partial charge >= 0.3 is 5.97 Å². The summed E-state index contributed by atoms with van der Waals surface area (Å²) in [6.45, 7) is 3.00. The van der Waals surface area contributed by atoms with Crippen LogP contribution in [0.1, 0.15) is 17.7 Å². The Bertz CT molecular complexity index is 1080. The van der Waals surface area contributed by atoms with Crippen molar-refractivity contribution in [3.05, 3.63) is 78.1 Å². The number of nitrogens with zero attached hydrogens (tertiary/aromatic N) is 4. The largest absolute Gasteiger partial charge is 0.461 e. The summed E-state index contributed by atoms with van der Waals surface area (Å²) in [5.74, 6) is 4.53. The molecule has 0 saturated carbocycles. The van der Waals surface area contributed by atoms with Gasteiger partial charge in [-0.1, -0.05) is 36.1 Å². The zero-order chi connectivity index (χ0) is 20.8. The average Bonchev–Trinajstić information content (AvgIpc) is 2.98. The summed E-state index contributed by atoms with van der Waals surface area (Å²) >= 11 is 0. The Morgan fingerprint density at radius 3 is 2.73 bits per heavy atom. The maximum atomic E-state index is 12.0. The second-order valence-corrected chi connectivity index (χ2v) is 8.77. The molecule has 0 saturated heterocycles. The normalized spacial score (nSPS) is 14.8. The van der Waals surface area contributed by atoms with Gasteiger partial charge in [0.25, 0.3) is 0 Å². The van der Waals surface area contributed by atoms with Gasteiger partial charge in [0.2, 0.25) is 0 Å². The van der Waals surface area contributed by atoms with E-state index in [0.29, 0.717) is 25.4 Å². The first-order valence-electron chi connectivity index (χ1n) is 9.68. The van der Waals surface area contributed by atoms with Gasteiger partial charge in [0.05, 0.1) is 11.9 Å². The standard InChI is InChI=1S/C23H22N4O2P/c1-30-14-10-20-21(25-17-30)15-24-23(26-20)19-7-11-27(12-8-19)13-9-22(28)29-16-18-5-3-2-4-6-18/h2-8,10-12,14-15,17H,9,13,16H2,1H3/q+1. The van der Waals surface area contributed by atoms with Gasteiger partial charge in [0.15, 0.2) is 24.8 Å². The topological polar surface area (TPSA) is 68.3 Å². The number of hydrogen-bond acceptors (Lipinski definition) is 5. The number of esters is 1. The molecule has 30 heavy (non-hydrogen) atoms. The molecule has 3 aromatic rings. The second kappa shape index (κ2) is 9.51. The van der Waals surface area contributed by atoms with E-state index in [0.717, 1.165) is 22.5 Å². The lowest BCUT2D eigenvalue weighted by Crippen LogP contribution is -2.34. The highest BCUT2D eigenvalue weighted by molar-refractivity contribution is 7.75. The molecular formula is C23H22N4O2P+. The van der Waals surface area contributed by atoms with Crippen LogP contribution in [0.5, 0.6) is 0 Å². The lowest BCUT2D eigenvalue weighted by atomic mass is 10.2. The monoisotopic (exact) mass is 417 g/mol. The van der Waals surface area contributed by atoms with E-state index >= 15 is 0 Å². The van der Waals surface area contributed by atoms with Crippen molar-refractivity contribution in [2.24, 2.45) is 4.99 Å². The average molecular weight is 417 g/mol. The van der Waals surface area contributed by atoms with Crippen molar-refractivity contribution in [3.63, 3.8) is 0 Å². The van der Waals surface area contributed by atoms with Crippen LogP contribution in [0, 0.1) is 0 Å². The van der Waals surface area contributed by atoms with E-state index in [1.165, 1.54) is 0 Å². The van der Waals surface area contributed by atoms with Crippen molar-refractivity contribution in [1.82, 2.24) is 9.97 Å². The Kier molecular flexibility index (Phi) is 6.35. The number of hydrogen-bond donors (Lipinski definition) is 0. The molecule has 6 nitrogen and oxygen atoms in total. The van der Waals surface area contributed by atoms with E-state index in [4.69, 9.17) is 4.74 Å². The van der Waals surface area contributed by atoms with Gasteiger partial charge in [-0.05, 0) is 26.2 Å². The fourth-order valence-electron chi connectivity index (χ4n) is 2.92. The van der Waals surface area contributed by atoms with Crippen LogP contribution in [0.25, 0.3) is 17.5 Å². The van der Waals surface area contributed by atoms with Gasteiger partial charge in [0.1, 0.15) is 18.7 Å². The summed E-state index contributed by atoms with van der Waals surface area (Å²) in [6.07, 6.45) is 7.94. The maximum absolute atomic E-state index is 12.0. The molecule has 2 aromatic heterocycles. The molecule has 0 bridgehead atoms. The first-order valence-corrected chi connectivity index (χ1v) is 11.6. The SMILES string of the molecule is CP1C=Cc2nc(-c3cc[n+](CCC(=O)OCc4ccccc4)cc3)ncc2N=C1. The lowest BCUT2D eigenvalue weighted by molar-refractivity contribution is -0.695. The van der Waals surface area contributed by atoms with Gasteiger partial charge in [-0.2, -0.15) is 0 Å². The Morgan fingerprint density at radius 2 is 1.93 bits per heavy atom. The number of aryl methyl sites for hydroxylation is 1. The molecule has 1 aromatic carbocycles. The summed E-state index contributed by atoms with van der Waals surface area (Å²) in [4.78, 5) is 25.6. The number of carbonyl (C=O) groups is 1. The first kappa shape index (κ1) is 20.0. The van der Waals surface area contributed by atoms with Gasteiger partial charge < -0.3 is 4.74 Å². The molecule has 0 amide bonds. The zero-order valence-electron chi connectivity index (χ0n) is 16.7. The lowest BCUT2D eigenvalue weighted by Gasteiger charge is -2.04. The number of fused-ring (bicyclic) bond motifs is 1. The van der Waals surface area contributed by atoms with Crippen LogP contribution in [0.2, 0.25) is 0 Å². The molecule has 3 heterocycles. The third kappa shape index (κ3) is 5.22.